The van der Waals surface area contributed by atoms with Gasteiger partial charge in [-0.3, -0.25) is 0 Å². The lowest BCUT2D eigenvalue weighted by Gasteiger charge is -2.06. The zero-order valence-electron chi connectivity index (χ0n) is 10.8. The van der Waals surface area contributed by atoms with Crippen molar-refractivity contribution in [2.75, 3.05) is 7.11 Å². The van der Waals surface area contributed by atoms with E-state index < -0.39 is 0 Å². The summed E-state index contributed by atoms with van der Waals surface area (Å²) in [7, 11) is 1.61. The van der Waals surface area contributed by atoms with Crippen LogP contribution < -0.4 is 10.1 Å². The molecule has 1 aromatic heterocycles. The van der Waals surface area contributed by atoms with E-state index in [4.69, 9.17) is 16.3 Å². The normalized spacial score (nSPS) is 14.6. The molecule has 1 aliphatic carbocycles. The average molecular weight is 278 g/mol. The molecule has 0 unspecified atom stereocenters. The monoisotopic (exact) mass is 277 g/mol. The second kappa shape index (κ2) is 5.23. The van der Waals surface area contributed by atoms with Crippen molar-refractivity contribution in [1.82, 2.24) is 15.1 Å². The molecule has 0 radical (unpaired) electrons. The molecule has 0 spiro atoms. The Kier molecular flexibility index (Phi) is 3.44. The molecule has 0 saturated heterocycles. The second-order valence-corrected chi connectivity index (χ2v) is 5.13. The van der Waals surface area contributed by atoms with Crippen molar-refractivity contribution >= 4 is 11.6 Å². The number of methoxy groups -OCH3 is 1. The van der Waals surface area contributed by atoms with E-state index in [0.717, 1.165) is 17.9 Å². The number of halogens is 1. The van der Waals surface area contributed by atoms with Crippen LogP contribution in [0, 0.1) is 0 Å². The summed E-state index contributed by atoms with van der Waals surface area (Å²) in [5.74, 6) is 0.660. The van der Waals surface area contributed by atoms with Gasteiger partial charge in [-0.15, -0.1) is 0 Å². The van der Waals surface area contributed by atoms with Crippen LogP contribution in [0.5, 0.6) is 5.75 Å². The molecular formula is C14H16ClN3O. The molecule has 4 nitrogen and oxygen atoms in total. The van der Waals surface area contributed by atoms with E-state index in [-0.39, 0.29) is 0 Å². The maximum atomic E-state index is 6.02. The molecule has 3 rings (SSSR count). The minimum absolute atomic E-state index is 0.606. The molecule has 0 atom stereocenters. The van der Waals surface area contributed by atoms with Gasteiger partial charge < -0.3 is 10.1 Å². The lowest BCUT2D eigenvalue weighted by Crippen LogP contribution is -2.15. The van der Waals surface area contributed by atoms with Gasteiger partial charge in [-0.25, -0.2) is 4.68 Å². The molecule has 0 aliphatic heterocycles. The average Bonchev–Trinajstić information content (AvgIpc) is 3.14. The van der Waals surface area contributed by atoms with Crippen molar-refractivity contribution in [2.24, 2.45) is 0 Å². The van der Waals surface area contributed by atoms with Gasteiger partial charge in [-0.1, -0.05) is 11.6 Å². The zero-order valence-corrected chi connectivity index (χ0v) is 11.5. The molecule has 19 heavy (non-hydrogen) atoms. The largest absolute Gasteiger partial charge is 0.495 e. The summed E-state index contributed by atoms with van der Waals surface area (Å²) in [4.78, 5) is 0. The zero-order chi connectivity index (χ0) is 13.2. The first kappa shape index (κ1) is 12.5. The van der Waals surface area contributed by atoms with Crippen LogP contribution in [-0.2, 0) is 6.54 Å². The van der Waals surface area contributed by atoms with Gasteiger partial charge in [-0.2, -0.15) is 5.10 Å². The Morgan fingerprint density at radius 1 is 1.42 bits per heavy atom. The fraction of sp³-hybridized carbons (Fsp3) is 0.357. The highest BCUT2D eigenvalue weighted by atomic mass is 35.5. The maximum Gasteiger partial charge on any atom is 0.139 e. The van der Waals surface area contributed by atoms with E-state index in [1.165, 1.54) is 12.8 Å². The predicted octanol–water partition coefficient (Wildman–Crippen LogP) is 2.79. The van der Waals surface area contributed by atoms with Crippen molar-refractivity contribution in [3.05, 3.63) is 41.2 Å². The van der Waals surface area contributed by atoms with Crippen LogP contribution in [0.15, 0.2) is 30.5 Å². The van der Waals surface area contributed by atoms with Crippen LogP contribution in [-0.4, -0.2) is 22.9 Å². The van der Waals surface area contributed by atoms with E-state index in [1.54, 1.807) is 7.11 Å². The Morgan fingerprint density at radius 2 is 2.26 bits per heavy atom. The number of nitrogens with zero attached hydrogens (tertiary/aromatic N) is 2. The van der Waals surface area contributed by atoms with Crippen LogP contribution in [0.25, 0.3) is 5.69 Å². The SMILES string of the molecule is COc1cc(-n2ccc(CNC3CC3)n2)ccc1Cl. The summed E-state index contributed by atoms with van der Waals surface area (Å²) in [6.07, 6.45) is 4.52. The Balaban J connectivity index is 1.77. The number of hydrogen-bond donors (Lipinski definition) is 1. The second-order valence-electron chi connectivity index (χ2n) is 4.73. The summed E-state index contributed by atoms with van der Waals surface area (Å²) in [6, 6.07) is 8.35. The number of aromatic nitrogens is 2. The first-order chi connectivity index (χ1) is 9.26. The molecule has 1 N–H and O–H groups in total. The summed E-state index contributed by atoms with van der Waals surface area (Å²) >= 11 is 6.02. The quantitative estimate of drug-likeness (QED) is 0.913. The molecule has 1 fully saturated rings. The smallest absolute Gasteiger partial charge is 0.139 e. The highest BCUT2D eigenvalue weighted by Gasteiger charge is 2.20. The minimum atomic E-state index is 0.606. The molecule has 2 aromatic rings. The van der Waals surface area contributed by atoms with Crippen molar-refractivity contribution in [3.8, 4) is 11.4 Å². The highest BCUT2D eigenvalue weighted by Crippen LogP contribution is 2.26. The lowest BCUT2D eigenvalue weighted by molar-refractivity contribution is 0.414. The summed E-state index contributed by atoms with van der Waals surface area (Å²) in [6.45, 7) is 0.822. The third-order valence-electron chi connectivity index (χ3n) is 3.19. The van der Waals surface area contributed by atoms with E-state index in [9.17, 15) is 0 Å². The first-order valence-corrected chi connectivity index (χ1v) is 6.76. The van der Waals surface area contributed by atoms with Crippen molar-refractivity contribution in [2.45, 2.75) is 25.4 Å². The number of rotatable bonds is 5. The van der Waals surface area contributed by atoms with Gasteiger partial charge in [0.15, 0.2) is 0 Å². The minimum Gasteiger partial charge on any atom is -0.495 e. The molecule has 1 aliphatic rings. The third-order valence-corrected chi connectivity index (χ3v) is 3.51. The van der Waals surface area contributed by atoms with Crippen LogP contribution in [0.4, 0.5) is 0 Å². The Morgan fingerprint density at radius 3 is 3.00 bits per heavy atom. The summed E-state index contributed by atoms with van der Waals surface area (Å²) in [5, 5.41) is 8.59. The number of benzene rings is 1. The van der Waals surface area contributed by atoms with Crippen molar-refractivity contribution < 1.29 is 4.74 Å². The van der Waals surface area contributed by atoms with Crippen LogP contribution in [0.1, 0.15) is 18.5 Å². The topological polar surface area (TPSA) is 39.1 Å². The van der Waals surface area contributed by atoms with Crippen molar-refractivity contribution in [1.29, 1.82) is 0 Å². The van der Waals surface area contributed by atoms with Crippen LogP contribution in [0.3, 0.4) is 0 Å². The van der Waals surface area contributed by atoms with Crippen molar-refractivity contribution in [3.63, 3.8) is 0 Å². The summed E-state index contributed by atoms with van der Waals surface area (Å²) in [5.41, 5.74) is 1.99. The van der Waals surface area contributed by atoms with E-state index in [1.807, 2.05) is 35.1 Å². The molecule has 1 saturated carbocycles. The lowest BCUT2D eigenvalue weighted by atomic mass is 10.3. The molecule has 0 amide bonds. The molecule has 1 aromatic carbocycles. The number of ether oxygens (including phenoxy) is 1. The van der Waals surface area contributed by atoms with Gasteiger partial charge in [-0.05, 0) is 31.0 Å². The Hall–Kier alpha value is -1.52. The fourth-order valence-electron chi connectivity index (χ4n) is 1.93. The molecule has 5 heteroatoms. The predicted molar refractivity (Wildman–Crippen MR) is 75.0 cm³/mol. The van der Waals surface area contributed by atoms with Crippen LogP contribution in [0.2, 0.25) is 5.02 Å². The number of nitrogens with one attached hydrogen (secondary N) is 1. The highest BCUT2D eigenvalue weighted by molar-refractivity contribution is 6.32. The van der Waals surface area contributed by atoms with Gasteiger partial charge in [0.05, 0.1) is 23.5 Å². The third kappa shape index (κ3) is 2.91. The van der Waals surface area contributed by atoms with Crippen LogP contribution >= 0.6 is 11.6 Å². The number of hydrogen-bond acceptors (Lipinski definition) is 3. The van der Waals surface area contributed by atoms with Gasteiger partial charge >= 0.3 is 0 Å². The first-order valence-electron chi connectivity index (χ1n) is 6.38. The summed E-state index contributed by atoms with van der Waals surface area (Å²) < 4.78 is 7.05. The van der Waals surface area contributed by atoms with Gasteiger partial charge in [0, 0.05) is 24.8 Å². The maximum absolute atomic E-state index is 6.02. The Labute approximate surface area is 117 Å². The molecule has 0 bridgehead atoms. The fourth-order valence-corrected chi connectivity index (χ4v) is 2.12. The molecular weight excluding hydrogens is 262 g/mol. The standard InChI is InChI=1S/C14H16ClN3O/c1-19-14-8-12(4-5-13(14)15)18-7-6-11(17-18)9-16-10-2-3-10/h4-8,10,16H,2-3,9H2,1H3. The van der Waals surface area contributed by atoms with E-state index in [2.05, 4.69) is 10.4 Å². The van der Waals surface area contributed by atoms with E-state index >= 15 is 0 Å². The van der Waals surface area contributed by atoms with E-state index in [0.29, 0.717) is 16.8 Å². The van der Waals surface area contributed by atoms with Gasteiger partial charge in [0.25, 0.3) is 0 Å². The van der Waals surface area contributed by atoms with Gasteiger partial charge in [0.1, 0.15) is 5.75 Å². The molecule has 1 heterocycles. The molecule has 100 valence electrons. The van der Waals surface area contributed by atoms with Gasteiger partial charge in [0.2, 0.25) is 0 Å². The Bertz CT molecular complexity index is 578.